The summed E-state index contributed by atoms with van der Waals surface area (Å²) < 4.78 is 18.3. The maximum absolute atomic E-state index is 13.0. The van der Waals surface area contributed by atoms with Crippen LogP contribution in [0.4, 0.5) is 4.39 Å². The number of cyclic esters (lactones) is 1. The number of esters is 1. The Hall–Kier alpha value is -0.990. The fraction of sp³-hybridized carbons (Fsp3) is 0.417. The number of hydrogen-bond donors (Lipinski definition) is 1. The van der Waals surface area contributed by atoms with Gasteiger partial charge in [-0.3, -0.25) is 9.88 Å². The molecule has 0 saturated carbocycles. The third-order valence-corrected chi connectivity index (χ3v) is 3.35. The molecule has 2 unspecified atom stereocenters. The van der Waals surface area contributed by atoms with Crippen LogP contribution in [0.2, 0.25) is 0 Å². The van der Waals surface area contributed by atoms with Crippen molar-refractivity contribution in [3.8, 4) is 0 Å². The molecular formula is C12H15FNO2P. The largest absolute Gasteiger partial charge is 0.461 e. The maximum Gasteiger partial charge on any atom is 0.306 e. The minimum atomic E-state index is -0.242. The van der Waals surface area contributed by atoms with Crippen molar-refractivity contribution in [2.75, 3.05) is 0 Å². The molecule has 0 amide bonds. The Bertz CT molecular complexity index is 413. The van der Waals surface area contributed by atoms with Crippen LogP contribution in [0.15, 0.2) is 24.3 Å². The van der Waals surface area contributed by atoms with Gasteiger partial charge in [-0.25, -0.2) is 4.39 Å². The van der Waals surface area contributed by atoms with Gasteiger partial charge in [0.2, 0.25) is 0 Å². The molecule has 1 N–H and O–H groups in total. The molecule has 5 heteroatoms. The molecule has 0 radical (unpaired) electrons. The van der Waals surface area contributed by atoms with Gasteiger partial charge in [-0.15, -0.1) is 0 Å². The van der Waals surface area contributed by atoms with Crippen molar-refractivity contribution in [3.63, 3.8) is 0 Å². The number of rotatable bonds is 4. The molecule has 1 aliphatic rings. The van der Waals surface area contributed by atoms with Gasteiger partial charge in [0.05, 0.1) is 6.04 Å². The minimum absolute atomic E-state index is 0.00764. The Morgan fingerprint density at radius 3 is 3.00 bits per heavy atom. The summed E-state index contributed by atoms with van der Waals surface area (Å²) in [5.74, 6) is -0.395. The van der Waals surface area contributed by atoms with Crippen LogP contribution in [0.3, 0.4) is 0 Å². The molecule has 1 saturated heterocycles. The van der Waals surface area contributed by atoms with Gasteiger partial charge < -0.3 is 4.74 Å². The third kappa shape index (κ3) is 3.24. The molecule has 3 atom stereocenters. The highest BCUT2D eigenvalue weighted by Crippen LogP contribution is 2.20. The Balaban J connectivity index is 2.02. The first-order valence-corrected chi connectivity index (χ1v) is 6.17. The van der Waals surface area contributed by atoms with Crippen molar-refractivity contribution < 1.29 is 13.9 Å². The van der Waals surface area contributed by atoms with E-state index in [0.29, 0.717) is 12.8 Å². The highest BCUT2D eigenvalue weighted by Gasteiger charge is 2.30. The summed E-state index contributed by atoms with van der Waals surface area (Å²) in [4.78, 5) is 11.1. The van der Waals surface area contributed by atoms with Crippen molar-refractivity contribution in [3.05, 3.63) is 35.6 Å². The number of hydrogen-bond acceptors (Lipinski definition) is 3. The summed E-state index contributed by atoms with van der Waals surface area (Å²) >= 11 is 0. The number of benzene rings is 1. The van der Waals surface area contributed by atoms with Crippen molar-refractivity contribution in [1.29, 1.82) is 0 Å². The second kappa shape index (κ2) is 5.56. The van der Waals surface area contributed by atoms with Gasteiger partial charge in [0.25, 0.3) is 0 Å². The van der Waals surface area contributed by atoms with E-state index in [-0.39, 0.29) is 23.9 Å². The molecule has 92 valence electrons. The number of carbonyl (C=O) groups is 1. The van der Waals surface area contributed by atoms with E-state index in [9.17, 15) is 9.18 Å². The minimum Gasteiger partial charge on any atom is -0.461 e. The summed E-state index contributed by atoms with van der Waals surface area (Å²) in [5.41, 5.74) is 0.896. The lowest BCUT2D eigenvalue weighted by Crippen LogP contribution is -2.36. The molecule has 1 aliphatic heterocycles. The Morgan fingerprint density at radius 1 is 1.59 bits per heavy atom. The molecule has 0 spiro atoms. The number of carbonyl (C=O) groups excluding carboxylic acids is 1. The zero-order valence-corrected chi connectivity index (χ0v) is 10.5. The van der Waals surface area contributed by atoms with E-state index in [1.165, 1.54) is 12.1 Å². The fourth-order valence-corrected chi connectivity index (χ4v) is 2.38. The quantitative estimate of drug-likeness (QED) is 0.659. The predicted molar refractivity (Wildman–Crippen MR) is 65.9 cm³/mol. The van der Waals surface area contributed by atoms with Crippen molar-refractivity contribution in [2.45, 2.75) is 31.4 Å². The first-order valence-electron chi connectivity index (χ1n) is 5.59. The van der Waals surface area contributed by atoms with Gasteiger partial charge in [-0.05, 0) is 30.5 Å². The molecule has 1 aromatic rings. The monoisotopic (exact) mass is 255 g/mol. The Morgan fingerprint density at radius 2 is 2.41 bits per heavy atom. The fourth-order valence-electron chi connectivity index (χ4n) is 2.05. The average molecular weight is 255 g/mol. The lowest BCUT2D eigenvalue weighted by atomic mass is 10.0. The molecule has 17 heavy (non-hydrogen) atoms. The number of ether oxygens (including phenoxy) is 1. The van der Waals surface area contributed by atoms with Crippen LogP contribution in [0.25, 0.3) is 0 Å². The molecule has 1 fully saturated rings. The lowest BCUT2D eigenvalue weighted by molar-refractivity contribution is -0.142. The van der Waals surface area contributed by atoms with E-state index in [2.05, 4.69) is 14.5 Å². The van der Waals surface area contributed by atoms with E-state index in [1.54, 1.807) is 6.07 Å². The van der Waals surface area contributed by atoms with Gasteiger partial charge in [0.15, 0.2) is 0 Å². The SMILES string of the molecule is O=C1CCC([C@H](Cc2cccc(F)c2)NP)O1. The van der Waals surface area contributed by atoms with Crippen LogP contribution in [-0.4, -0.2) is 18.1 Å². The molecule has 0 bridgehead atoms. The summed E-state index contributed by atoms with van der Waals surface area (Å²) in [7, 11) is 2.43. The summed E-state index contributed by atoms with van der Waals surface area (Å²) in [6, 6.07) is 6.49. The smallest absolute Gasteiger partial charge is 0.306 e. The Kier molecular flexibility index (Phi) is 4.08. The molecule has 0 aromatic heterocycles. The van der Waals surface area contributed by atoms with E-state index < -0.39 is 0 Å². The van der Waals surface area contributed by atoms with Crippen molar-refractivity contribution >= 4 is 15.4 Å². The number of halogens is 1. The summed E-state index contributed by atoms with van der Waals surface area (Å²) in [5, 5.41) is 3.05. The second-order valence-electron chi connectivity index (χ2n) is 4.17. The van der Waals surface area contributed by atoms with Crippen LogP contribution in [0.1, 0.15) is 18.4 Å². The molecular weight excluding hydrogens is 240 g/mol. The van der Waals surface area contributed by atoms with E-state index in [0.717, 1.165) is 12.0 Å². The van der Waals surface area contributed by atoms with E-state index in [4.69, 9.17) is 4.74 Å². The lowest BCUT2D eigenvalue weighted by Gasteiger charge is -2.21. The summed E-state index contributed by atoms with van der Waals surface area (Å²) in [6.07, 6.45) is 1.71. The van der Waals surface area contributed by atoms with Crippen molar-refractivity contribution in [2.24, 2.45) is 0 Å². The standard InChI is InChI=1S/C12H15FNO2P/c13-9-3-1-2-8(6-9)7-10(14-17)11-4-5-12(15)16-11/h1-3,6,10-11,14H,4-5,7,17H2/t10-,11?/m0/s1. The van der Waals surface area contributed by atoms with Gasteiger partial charge in [-0.1, -0.05) is 21.5 Å². The van der Waals surface area contributed by atoms with Crippen LogP contribution in [-0.2, 0) is 16.0 Å². The first kappa shape index (κ1) is 12.5. The van der Waals surface area contributed by atoms with Gasteiger partial charge in [0.1, 0.15) is 11.9 Å². The second-order valence-corrected chi connectivity index (χ2v) is 4.51. The molecule has 0 aliphatic carbocycles. The molecule has 1 aromatic carbocycles. The third-order valence-electron chi connectivity index (χ3n) is 2.92. The van der Waals surface area contributed by atoms with E-state index >= 15 is 0 Å². The van der Waals surface area contributed by atoms with Crippen LogP contribution in [0.5, 0.6) is 0 Å². The maximum atomic E-state index is 13.0. The molecule has 2 rings (SSSR count). The van der Waals surface area contributed by atoms with Crippen LogP contribution in [0, 0.1) is 5.82 Å². The van der Waals surface area contributed by atoms with Crippen molar-refractivity contribution in [1.82, 2.24) is 5.09 Å². The zero-order valence-electron chi connectivity index (χ0n) is 9.36. The summed E-state index contributed by atoms with van der Waals surface area (Å²) in [6.45, 7) is 0. The van der Waals surface area contributed by atoms with Crippen LogP contribution < -0.4 is 5.09 Å². The topological polar surface area (TPSA) is 38.3 Å². The Labute approximate surface area is 102 Å². The van der Waals surface area contributed by atoms with Gasteiger partial charge >= 0.3 is 5.97 Å². The highest BCUT2D eigenvalue weighted by molar-refractivity contribution is 7.13. The number of nitrogens with one attached hydrogen (secondary N) is 1. The van der Waals surface area contributed by atoms with E-state index in [1.807, 2.05) is 6.07 Å². The first-order chi connectivity index (χ1) is 8.19. The normalized spacial score (nSPS) is 21.3. The average Bonchev–Trinajstić information content (AvgIpc) is 2.73. The van der Waals surface area contributed by atoms with Crippen LogP contribution >= 0.6 is 9.39 Å². The highest BCUT2D eigenvalue weighted by atomic mass is 31.0. The zero-order chi connectivity index (χ0) is 12.3. The van der Waals surface area contributed by atoms with Gasteiger partial charge in [0, 0.05) is 6.42 Å². The molecule has 1 heterocycles. The van der Waals surface area contributed by atoms with Gasteiger partial charge in [-0.2, -0.15) is 0 Å². The molecule has 3 nitrogen and oxygen atoms in total. The predicted octanol–water partition coefficient (Wildman–Crippen LogP) is 1.82.